The predicted molar refractivity (Wildman–Crippen MR) is 39.6 cm³/mol. The molecule has 0 spiro atoms. The number of hydrogen-bond donors (Lipinski definition) is 0. The van der Waals surface area contributed by atoms with E-state index in [1.807, 2.05) is 0 Å². The molecule has 0 saturated heterocycles. The Bertz CT molecular complexity index is 435. The molecule has 0 N–H and O–H groups in total. The van der Waals surface area contributed by atoms with Crippen molar-refractivity contribution in [1.82, 2.24) is 15.1 Å². The van der Waals surface area contributed by atoms with E-state index >= 15 is 0 Å². The third kappa shape index (κ3) is 0.868. The molecule has 0 fully saturated rings. The number of nitrogens with zero attached hydrogens (tertiary/aromatic N) is 3. The van der Waals surface area contributed by atoms with E-state index in [9.17, 15) is 4.79 Å². The smallest absolute Gasteiger partial charge is 0.228 e. The molecule has 2 aromatic heterocycles. The minimum Gasteiger partial charge on any atom is -0.350 e. The largest absolute Gasteiger partial charge is 0.350 e. The highest BCUT2D eigenvalue weighted by Crippen LogP contribution is 2.13. The van der Waals surface area contributed by atoms with Crippen molar-refractivity contribution in [3.63, 3.8) is 0 Å². The number of ketones is 1. The molecular weight excluding hydrogens is 158 g/mol. The second kappa shape index (κ2) is 2.37. The average Bonchev–Trinajstić information content (AvgIpc) is 2.47. The monoisotopic (exact) mass is 163 g/mol. The lowest BCUT2D eigenvalue weighted by Crippen LogP contribution is -1.90. The third-order valence-corrected chi connectivity index (χ3v) is 1.46. The maximum atomic E-state index is 10.9. The second-order valence-electron chi connectivity index (χ2n) is 2.32. The SMILES string of the molecule is CC(=O)c1onc2cncnc12. The molecule has 0 unspecified atom stereocenters. The van der Waals surface area contributed by atoms with Gasteiger partial charge in [0.2, 0.25) is 5.76 Å². The van der Waals surface area contributed by atoms with Crippen molar-refractivity contribution in [2.75, 3.05) is 0 Å². The summed E-state index contributed by atoms with van der Waals surface area (Å²) in [6, 6.07) is 0. The van der Waals surface area contributed by atoms with E-state index in [0.29, 0.717) is 11.0 Å². The van der Waals surface area contributed by atoms with Crippen LogP contribution in [-0.4, -0.2) is 20.9 Å². The van der Waals surface area contributed by atoms with E-state index in [0.717, 1.165) is 0 Å². The predicted octanol–water partition coefficient (Wildman–Crippen LogP) is 0.820. The topological polar surface area (TPSA) is 68.9 Å². The number of fused-ring (bicyclic) bond motifs is 1. The first kappa shape index (κ1) is 6.90. The van der Waals surface area contributed by atoms with E-state index in [1.165, 1.54) is 19.4 Å². The van der Waals surface area contributed by atoms with E-state index in [2.05, 4.69) is 15.1 Å². The molecule has 0 atom stereocenters. The summed E-state index contributed by atoms with van der Waals surface area (Å²) in [6.45, 7) is 1.40. The lowest BCUT2D eigenvalue weighted by Gasteiger charge is -1.84. The molecule has 5 nitrogen and oxygen atoms in total. The van der Waals surface area contributed by atoms with Gasteiger partial charge < -0.3 is 4.52 Å². The van der Waals surface area contributed by atoms with Gasteiger partial charge in [-0.3, -0.25) is 4.79 Å². The number of Topliss-reactive ketones (excluding diaryl/α,β-unsaturated/α-hetero) is 1. The zero-order valence-corrected chi connectivity index (χ0v) is 6.31. The van der Waals surface area contributed by atoms with Gasteiger partial charge in [0.05, 0.1) is 6.20 Å². The van der Waals surface area contributed by atoms with Gasteiger partial charge in [-0.15, -0.1) is 0 Å². The first-order valence-corrected chi connectivity index (χ1v) is 3.35. The van der Waals surface area contributed by atoms with Gasteiger partial charge in [0.1, 0.15) is 11.8 Å². The lowest BCUT2D eigenvalue weighted by molar-refractivity contribution is 0.0980. The van der Waals surface area contributed by atoms with Gasteiger partial charge in [0.25, 0.3) is 0 Å². The van der Waals surface area contributed by atoms with Crippen LogP contribution in [0.4, 0.5) is 0 Å². The maximum Gasteiger partial charge on any atom is 0.228 e. The molecule has 2 heterocycles. The van der Waals surface area contributed by atoms with E-state index in [4.69, 9.17) is 4.52 Å². The van der Waals surface area contributed by atoms with Crippen LogP contribution in [0, 0.1) is 0 Å². The Labute approximate surface area is 67.4 Å². The zero-order chi connectivity index (χ0) is 8.55. The van der Waals surface area contributed by atoms with Gasteiger partial charge in [-0.2, -0.15) is 0 Å². The Morgan fingerprint density at radius 3 is 3.17 bits per heavy atom. The second-order valence-corrected chi connectivity index (χ2v) is 2.32. The molecule has 12 heavy (non-hydrogen) atoms. The van der Waals surface area contributed by atoms with E-state index < -0.39 is 0 Å². The third-order valence-electron chi connectivity index (χ3n) is 1.46. The van der Waals surface area contributed by atoms with E-state index in [1.54, 1.807) is 0 Å². The molecule has 2 aromatic rings. The van der Waals surface area contributed by atoms with Gasteiger partial charge in [-0.05, 0) is 0 Å². The standard InChI is InChI=1S/C7H5N3O2/c1-4(11)7-6-5(10-12-7)2-8-3-9-6/h2-3H,1H3. The summed E-state index contributed by atoms with van der Waals surface area (Å²) in [6.07, 6.45) is 2.85. The molecule has 60 valence electrons. The number of hydrogen-bond acceptors (Lipinski definition) is 5. The Morgan fingerprint density at radius 1 is 1.58 bits per heavy atom. The van der Waals surface area contributed by atoms with Crippen molar-refractivity contribution in [2.45, 2.75) is 6.92 Å². The van der Waals surface area contributed by atoms with E-state index in [-0.39, 0.29) is 11.5 Å². The summed E-state index contributed by atoms with van der Waals surface area (Å²) in [4.78, 5) is 18.5. The number of carbonyl (C=O) groups excluding carboxylic acids is 1. The summed E-state index contributed by atoms with van der Waals surface area (Å²) in [5, 5.41) is 3.62. The minimum absolute atomic E-state index is 0.184. The molecule has 0 amide bonds. The fourth-order valence-corrected chi connectivity index (χ4v) is 0.933. The molecule has 0 aromatic carbocycles. The summed E-state index contributed by atoms with van der Waals surface area (Å²) < 4.78 is 4.77. The molecule has 2 rings (SSSR count). The highest BCUT2D eigenvalue weighted by Gasteiger charge is 2.12. The first-order chi connectivity index (χ1) is 5.79. The Morgan fingerprint density at radius 2 is 2.42 bits per heavy atom. The van der Waals surface area contributed by atoms with Crippen LogP contribution < -0.4 is 0 Å². The quantitative estimate of drug-likeness (QED) is 0.582. The Balaban J connectivity index is 2.79. The van der Waals surface area contributed by atoms with Crippen molar-refractivity contribution in [3.8, 4) is 0 Å². The van der Waals surface area contributed by atoms with Gasteiger partial charge in [0, 0.05) is 6.92 Å². The molecule has 0 aliphatic heterocycles. The highest BCUT2D eigenvalue weighted by atomic mass is 16.5. The van der Waals surface area contributed by atoms with Crippen LogP contribution in [-0.2, 0) is 0 Å². The lowest BCUT2D eigenvalue weighted by atomic mass is 10.3. The molecule has 5 heteroatoms. The van der Waals surface area contributed by atoms with Gasteiger partial charge in [-0.25, -0.2) is 9.97 Å². The van der Waals surface area contributed by atoms with Gasteiger partial charge in [0.15, 0.2) is 11.3 Å². The van der Waals surface area contributed by atoms with Crippen LogP contribution in [0.5, 0.6) is 0 Å². The average molecular weight is 163 g/mol. The molecule has 0 radical (unpaired) electrons. The number of rotatable bonds is 1. The maximum absolute atomic E-state index is 10.9. The van der Waals surface area contributed by atoms with Crippen molar-refractivity contribution >= 4 is 16.8 Å². The number of aromatic nitrogens is 3. The first-order valence-electron chi connectivity index (χ1n) is 3.35. The molecule has 0 bridgehead atoms. The summed E-state index contributed by atoms with van der Waals surface area (Å²) in [5.74, 6) is 0.00333. The number of carbonyl (C=O) groups is 1. The highest BCUT2D eigenvalue weighted by molar-refractivity contribution is 6.01. The Hall–Kier alpha value is -1.78. The van der Waals surface area contributed by atoms with Crippen LogP contribution in [0.25, 0.3) is 11.0 Å². The van der Waals surface area contributed by atoms with Crippen LogP contribution in [0.2, 0.25) is 0 Å². The molecule has 0 saturated carbocycles. The molecule has 0 aliphatic carbocycles. The Kier molecular flexibility index (Phi) is 1.36. The summed E-state index contributed by atoms with van der Waals surface area (Å²) in [7, 11) is 0. The van der Waals surface area contributed by atoms with Crippen LogP contribution >= 0.6 is 0 Å². The van der Waals surface area contributed by atoms with Gasteiger partial charge in [-0.1, -0.05) is 5.16 Å². The van der Waals surface area contributed by atoms with Crippen molar-refractivity contribution < 1.29 is 9.32 Å². The fraction of sp³-hybridized carbons (Fsp3) is 0.143. The summed E-state index contributed by atoms with van der Waals surface area (Å²) in [5.41, 5.74) is 0.972. The van der Waals surface area contributed by atoms with Crippen molar-refractivity contribution in [3.05, 3.63) is 18.3 Å². The van der Waals surface area contributed by atoms with Crippen LogP contribution in [0.15, 0.2) is 17.0 Å². The fourth-order valence-electron chi connectivity index (χ4n) is 0.933. The minimum atomic E-state index is -0.184. The van der Waals surface area contributed by atoms with Crippen molar-refractivity contribution in [2.24, 2.45) is 0 Å². The van der Waals surface area contributed by atoms with Crippen molar-refractivity contribution in [1.29, 1.82) is 0 Å². The van der Waals surface area contributed by atoms with Gasteiger partial charge >= 0.3 is 0 Å². The zero-order valence-electron chi connectivity index (χ0n) is 6.31. The molecule has 0 aliphatic rings. The summed E-state index contributed by atoms with van der Waals surface area (Å²) >= 11 is 0. The normalized spacial score (nSPS) is 10.4. The molecular formula is C7H5N3O2. The van der Waals surface area contributed by atoms with Crippen LogP contribution in [0.1, 0.15) is 17.5 Å². The van der Waals surface area contributed by atoms with Crippen LogP contribution in [0.3, 0.4) is 0 Å².